The molecule has 2 nitrogen and oxygen atoms in total. The highest BCUT2D eigenvalue weighted by atomic mass is 15.5. The van der Waals surface area contributed by atoms with E-state index < -0.39 is 0 Å². The maximum absolute atomic E-state index is 2.49. The lowest BCUT2D eigenvalue weighted by Gasteiger charge is -2.28. The van der Waals surface area contributed by atoms with Gasteiger partial charge in [0.15, 0.2) is 6.67 Å². The molecule has 0 bridgehead atoms. The molecule has 0 spiro atoms. The summed E-state index contributed by atoms with van der Waals surface area (Å²) in [4.78, 5) is 2.49. The summed E-state index contributed by atoms with van der Waals surface area (Å²) in [5, 5.41) is 0. The SMILES string of the molecule is CCCCCCCC[N+]1(C)C=CN(CCCC)C1. The average molecular weight is 253 g/mol. The van der Waals surface area contributed by atoms with Crippen molar-refractivity contribution in [2.75, 3.05) is 26.8 Å². The number of nitrogens with zero attached hydrogens (tertiary/aromatic N) is 2. The Bertz CT molecular complexity index is 237. The van der Waals surface area contributed by atoms with Crippen molar-refractivity contribution >= 4 is 0 Å². The van der Waals surface area contributed by atoms with Gasteiger partial charge in [-0.3, -0.25) is 4.48 Å². The van der Waals surface area contributed by atoms with Crippen LogP contribution in [0.25, 0.3) is 0 Å². The molecule has 1 atom stereocenters. The Kier molecular flexibility index (Phi) is 7.41. The van der Waals surface area contributed by atoms with Crippen molar-refractivity contribution in [2.45, 2.75) is 65.2 Å². The predicted octanol–water partition coefficient (Wildman–Crippen LogP) is 4.34. The van der Waals surface area contributed by atoms with Crippen LogP contribution in [0.2, 0.25) is 0 Å². The number of unbranched alkanes of at least 4 members (excludes halogenated alkanes) is 6. The molecule has 0 saturated carbocycles. The lowest BCUT2D eigenvalue weighted by atomic mass is 10.1. The first-order chi connectivity index (χ1) is 8.70. The van der Waals surface area contributed by atoms with Crippen LogP contribution in [0.15, 0.2) is 12.4 Å². The summed E-state index contributed by atoms with van der Waals surface area (Å²) in [7, 11) is 2.37. The highest BCUT2D eigenvalue weighted by molar-refractivity contribution is 4.81. The highest BCUT2D eigenvalue weighted by Crippen LogP contribution is 2.17. The van der Waals surface area contributed by atoms with Crippen LogP contribution >= 0.6 is 0 Å². The van der Waals surface area contributed by atoms with Crippen LogP contribution in [-0.4, -0.2) is 36.2 Å². The quantitative estimate of drug-likeness (QED) is 0.413. The van der Waals surface area contributed by atoms with Crippen LogP contribution in [0.3, 0.4) is 0 Å². The number of quaternary nitrogens is 1. The maximum Gasteiger partial charge on any atom is 0.158 e. The summed E-state index contributed by atoms with van der Waals surface area (Å²) in [5.74, 6) is 0. The van der Waals surface area contributed by atoms with Gasteiger partial charge in [-0.05, 0) is 19.3 Å². The Morgan fingerprint density at radius 3 is 2.33 bits per heavy atom. The molecule has 0 radical (unpaired) electrons. The molecule has 18 heavy (non-hydrogen) atoms. The van der Waals surface area contributed by atoms with Crippen LogP contribution < -0.4 is 0 Å². The first-order valence-electron chi connectivity index (χ1n) is 7.98. The Balaban J connectivity index is 2.09. The topological polar surface area (TPSA) is 3.24 Å². The molecule has 0 aromatic rings. The van der Waals surface area contributed by atoms with E-state index in [9.17, 15) is 0 Å². The lowest BCUT2D eigenvalue weighted by Crippen LogP contribution is -2.41. The van der Waals surface area contributed by atoms with Crippen LogP contribution in [0.1, 0.15) is 65.2 Å². The molecule has 1 unspecified atom stereocenters. The molecule has 0 aliphatic carbocycles. The molecule has 1 aliphatic heterocycles. The smallest absolute Gasteiger partial charge is 0.158 e. The van der Waals surface area contributed by atoms with Gasteiger partial charge in [0.2, 0.25) is 0 Å². The van der Waals surface area contributed by atoms with Gasteiger partial charge in [0.05, 0.1) is 19.8 Å². The van der Waals surface area contributed by atoms with Crippen molar-refractivity contribution in [3.63, 3.8) is 0 Å². The third-order valence-electron chi connectivity index (χ3n) is 3.96. The van der Waals surface area contributed by atoms with Crippen LogP contribution in [-0.2, 0) is 0 Å². The second-order valence-electron chi connectivity index (χ2n) is 6.08. The maximum atomic E-state index is 2.49. The van der Waals surface area contributed by atoms with Gasteiger partial charge in [0, 0.05) is 6.54 Å². The van der Waals surface area contributed by atoms with E-state index in [2.05, 4.69) is 38.2 Å². The van der Waals surface area contributed by atoms with Crippen LogP contribution in [0.5, 0.6) is 0 Å². The lowest BCUT2D eigenvalue weighted by molar-refractivity contribution is -0.861. The van der Waals surface area contributed by atoms with Gasteiger partial charge >= 0.3 is 0 Å². The Hall–Kier alpha value is -0.500. The van der Waals surface area contributed by atoms with Crippen molar-refractivity contribution in [3.8, 4) is 0 Å². The highest BCUT2D eigenvalue weighted by Gasteiger charge is 2.26. The third kappa shape index (κ3) is 5.90. The minimum atomic E-state index is 1.12. The van der Waals surface area contributed by atoms with Crippen molar-refractivity contribution in [1.29, 1.82) is 0 Å². The summed E-state index contributed by atoms with van der Waals surface area (Å²) in [5.41, 5.74) is 0. The molecule has 1 heterocycles. The standard InChI is InChI=1S/C16H33N2/c1-4-6-8-9-10-11-14-18(3)15-13-17(16-18)12-7-5-2/h13,15H,4-12,14,16H2,1-3H3/q+1. The van der Waals surface area contributed by atoms with E-state index in [0.717, 1.165) is 4.48 Å². The molecule has 0 saturated heterocycles. The first-order valence-corrected chi connectivity index (χ1v) is 7.98. The number of hydrogen-bond donors (Lipinski definition) is 0. The van der Waals surface area contributed by atoms with Gasteiger partial charge in [-0.2, -0.15) is 0 Å². The largest absolute Gasteiger partial charge is 0.326 e. The molecule has 1 rings (SSSR count). The van der Waals surface area contributed by atoms with Gasteiger partial charge in [0.1, 0.15) is 6.20 Å². The number of rotatable bonds is 10. The number of hydrogen-bond acceptors (Lipinski definition) is 1. The van der Waals surface area contributed by atoms with Gasteiger partial charge in [0.25, 0.3) is 0 Å². The molecule has 106 valence electrons. The Morgan fingerprint density at radius 2 is 1.61 bits per heavy atom. The van der Waals surface area contributed by atoms with Gasteiger partial charge < -0.3 is 4.90 Å². The van der Waals surface area contributed by atoms with E-state index in [1.165, 1.54) is 71.1 Å². The summed E-state index contributed by atoms with van der Waals surface area (Å²) < 4.78 is 1.12. The van der Waals surface area contributed by atoms with E-state index in [1.54, 1.807) is 0 Å². The Labute approximate surface area is 114 Å². The molecule has 1 aliphatic rings. The van der Waals surface area contributed by atoms with Crippen LogP contribution in [0.4, 0.5) is 0 Å². The fourth-order valence-corrected chi connectivity index (χ4v) is 2.67. The average Bonchev–Trinajstić information content (AvgIpc) is 2.73. The molecule has 0 amide bonds. The second kappa shape index (κ2) is 8.58. The van der Waals surface area contributed by atoms with Crippen molar-refractivity contribution < 1.29 is 4.48 Å². The monoisotopic (exact) mass is 253 g/mol. The zero-order valence-electron chi connectivity index (χ0n) is 12.8. The summed E-state index contributed by atoms with van der Waals surface area (Å²) >= 11 is 0. The van der Waals surface area contributed by atoms with E-state index in [-0.39, 0.29) is 0 Å². The second-order valence-corrected chi connectivity index (χ2v) is 6.08. The fraction of sp³-hybridized carbons (Fsp3) is 0.875. The molecular weight excluding hydrogens is 220 g/mol. The summed E-state index contributed by atoms with van der Waals surface area (Å²) in [6.07, 6.45) is 15.7. The molecule has 0 aromatic heterocycles. The van der Waals surface area contributed by atoms with Crippen molar-refractivity contribution in [2.24, 2.45) is 0 Å². The zero-order chi connectivity index (χ0) is 13.3. The van der Waals surface area contributed by atoms with E-state index in [0.29, 0.717) is 0 Å². The molecule has 0 aromatic carbocycles. The molecule has 2 heteroatoms. The summed E-state index contributed by atoms with van der Waals surface area (Å²) in [6, 6.07) is 0. The fourth-order valence-electron chi connectivity index (χ4n) is 2.67. The van der Waals surface area contributed by atoms with Gasteiger partial charge in [-0.1, -0.05) is 46.0 Å². The van der Waals surface area contributed by atoms with Crippen molar-refractivity contribution in [3.05, 3.63) is 12.4 Å². The molecular formula is C16H33N2+. The molecule has 0 fully saturated rings. The van der Waals surface area contributed by atoms with Crippen LogP contribution in [0, 0.1) is 0 Å². The minimum absolute atomic E-state index is 1.12. The van der Waals surface area contributed by atoms with E-state index in [4.69, 9.17) is 0 Å². The zero-order valence-corrected chi connectivity index (χ0v) is 12.8. The third-order valence-corrected chi connectivity index (χ3v) is 3.96. The van der Waals surface area contributed by atoms with E-state index >= 15 is 0 Å². The summed E-state index contributed by atoms with van der Waals surface area (Å²) in [6.45, 7) is 8.29. The normalized spacial score (nSPS) is 22.9. The predicted molar refractivity (Wildman–Crippen MR) is 80.0 cm³/mol. The first kappa shape index (κ1) is 15.6. The van der Waals surface area contributed by atoms with E-state index in [1.807, 2.05) is 0 Å². The van der Waals surface area contributed by atoms with Gasteiger partial charge in [-0.25, -0.2) is 0 Å². The Morgan fingerprint density at radius 1 is 0.944 bits per heavy atom. The molecule has 0 N–H and O–H groups in total. The van der Waals surface area contributed by atoms with Crippen molar-refractivity contribution in [1.82, 2.24) is 4.90 Å². The van der Waals surface area contributed by atoms with Gasteiger partial charge in [-0.15, -0.1) is 0 Å². The minimum Gasteiger partial charge on any atom is -0.326 e.